The number of rotatable bonds is 6. The molecule has 1 heterocycles. The number of hydrogen-bond acceptors (Lipinski definition) is 3. The lowest BCUT2D eigenvalue weighted by molar-refractivity contribution is 0.0947. The Bertz CT molecular complexity index is 895. The summed E-state index contributed by atoms with van der Waals surface area (Å²) in [5, 5.41) is 14.0. The summed E-state index contributed by atoms with van der Waals surface area (Å²) in [5.41, 5.74) is 3.18. The second kappa shape index (κ2) is 10.3. The first-order valence-corrected chi connectivity index (χ1v) is 12.4. The van der Waals surface area contributed by atoms with Crippen molar-refractivity contribution in [3.63, 3.8) is 0 Å². The Labute approximate surface area is 200 Å². The van der Waals surface area contributed by atoms with Crippen molar-refractivity contribution in [2.75, 3.05) is 19.6 Å². The summed E-state index contributed by atoms with van der Waals surface area (Å²) in [6, 6.07) is 14.4. The monoisotopic (exact) mass is 450 g/mol. The van der Waals surface area contributed by atoms with Crippen LogP contribution in [0.2, 0.25) is 0 Å². The van der Waals surface area contributed by atoms with Gasteiger partial charge in [-0.25, -0.2) is 0 Å². The molecular formula is C29H42N2O2. The molecule has 33 heavy (non-hydrogen) atoms. The standard InChI is InChI=1S/C29H42N2O2/c1-28(2,3)24-18-23(19-25(26(24)32)29(4,5)6)27(33)30-15-12-21-13-16-31(17-14-21)20-22-10-8-7-9-11-22/h7-11,18-19,21,32H,12-17,20H2,1-6H3,(H,30,33). The minimum Gasteiger partial charge on any atom is -0.507 e. The Balaban J connectivity index is 1.55. The van der Waals surface area contributed by atoms with Gasteiger partial charge in [-0.05, 0) is 66.8 Å². The lowest BCUT2D eigenvalue weighted by Crippen LogP contribution is -2.35. The van der Waals surface area contributed by atoms with Gasteiger partial charge in [-0.1, -0.05) is 71.9 Å². The molecule has 1 saturated heterocycles. The molecule has 0 bridgehead atoms. The number of carbonyl (C=O) groups is 1. The maximum absolute atomic E-state index is 13.0. The number of piperidine rings is 1. The third-order valence-electron chi connectivity index (χ3n) is 6.78. The second-order valence-corrected chi connectivity index (χ2v) is 11.7. The molecule has 1 fully saturated rings. The van der Waals surface area contributed by atoms with Gasteiger partial charge in [-0.2, -0.15) is 0 Å². The van der Waals surface area contributed by atoms with E-state index in [1.807, 2.05) is 12.1 Å². The lowest BCUT2D eigenvalue weighted by Gasteiger charge is -2.32. The number of benzene rings is 2. The van der Waals surface area contributed by atoms with Gasteiger partial charge in [0.2, 0.25) is 0 Å². The van der Waals surface area contributed by atoms with Gasteiger partial charge in [-0.3, -0.25) is 9.69 Å². The minimum atomic E-state index is -0.242. The molecule has 1 amide bonds. The Hall–Kier alpha value is -2.33. The summed E-state index contributed by atoms with van der Waals surface area (Å²) >= 11 is 0. The van der Waals surface area contributed by atoms with Gasteiger partial charge in [0.05, 0.1) is 0 Å². The number of nitrogens with one attached hydrogen (secondary N) is 1. The number of aromatic hydroxyl groups is 1. The maximum atomic E-state index is 13.0. The fourth-order valence-corrected chi connectivity index (χ4v) is 4.68. The average molecular weight is 451 g/mol. The topological polar surface area (TPSA) is 52.6 Å². The Kier molecular flexibility index (Phi) is 7.89. The largest absolute Gasteiger partial charge is 0.507 e. The number of likely N-dealkylation sites (tertiary alicyclic amines) is 1. The predicted molar refractivity (Wildman–Crippen MR) is 137 cm³/mol. The van der Waals surface area contributed by atoms with Crippen molar-refractivity contribution in [2.24, 2.45) is 5.92 Å². The molecule has 180 valence electrons. The van der Waals surface area contributed by atoms with E-state index in [9.17, 15) is 9.90 Å². The van der Waals surface area contributed by atoms with Crippen molar-refractivity contribution < 1.29 is 9.90 Å². The molecular weight excluding hydrogens is 408 g/mol. The van der Waals surface area contributed by atoms with Gasteiger partial charge in [0, 0.05) is 29.8 Å². The van der Waals surface area contributed by atoms with E-state index < -0.39 is 0 Å². The van der Waals surface area contributed by atoms with Gasteiger partial charge in [0.1, 0.15) is 5.75 Å². The second-order valence-electron chi connectivity index (χ2n) is 11.7. The van der Waals surface area contributed by atoms with Crippen LogP contribution in [0.5, 0.6) is 5.75 Å². The van der Waals surface area contributed by atoms with Gasteiger partial charge in [-0.15, -0.1) is 0 Å². The Morgan fingerprint density at radius 3 is 2.03 bits per heavy atom. The quantitative estimate of drug-likeness (QED) is 0.566. The molecule has 0 saturated carbocycles. The summed E-state index contributed by atoms with van der Waals surface area (Å²) in [5.74, 6) is 0.925. The van der Waals surface area contributed by atoms with Crippen LogP contribution in [0.15, 0.2) is 42.5 Å². The summed E-state index contributed by atoms with van der Waals surface area (Å²) in [7, 11) is 0. The maximum Gasteiger partial charge on any atom is 0.251 e. The summed E-state index contributed by atoms with van der Waals surface area (Å²) in [6.07, 6.45) is 3.38. The van der Waals surface area contributed by atoms with E-state index in [4.69, 9.17) is 0 Å². The molecule has 0 aromatic heterocycles. The zero-order valence-corrected chi connectivity index (χ0v) is 21.4. The van der Waals surface area contributed by atoms with Gasteiger partial charge in [0.25, 0.3) is 5.91 Å². The van der Waals surface area contributed by atoms with E-state index in [0.29, 0.717) is 23.8 Å². The molecule has 0 atom stereocenters. The van der Waals surface area contributed by atoms with E-state index in [2.05, 4.69) is 82.1 Å². The van der Waals surface area contributed by atoms with Crippen LogP contribution in [0.25, 0.3) is 0 Å². The van der Waals surface area contributed by atoms with Crippen molar-refractivity contribution in [1.29, 1.82) is 0 Å². The molecule has 1 aliphatic rings. The molecule has 0 radical (unpaired) electrons. The first-order valence-electron chi connectivity index (χ1n) is 12.4. The van der Waals surface area contributed by atoms with Gasteiger partial charge in [0.15, 0.2) is 0 Å². The van der Waals surface area contributed by atoms with Crippen LogP contribution >= 0.6 is 0 Å². The van der Waals surface area contributed by atoms with Crippen LogP contribution in [-0.4, -0.2) is 35.5 Å². The van der Waals surface area contributed by atoms with Crippen LogP contribution in [0.1, 0.15) is 87.9 Å². The highest BCUT2D eigenvalue weighted by molar-refractivity contribution is 5.95. The van der Waals surface area contributed by atoms with Crippen LogP contribution < -0.4 is 5.32 Å². The fourth-order valence-electron chi connectivity index (χ4n) is 4.68. The van der Waals surface area contributed by atoms with Crippen molar-refractivity contribution in [3.05, 3.63) is 64.7 Å². The third kappa shape index (κ3) is 6.83. The molecule has 0 spiro atoms. The number of phenolic OH excluding ortho intramolecular Hbond substituents is 1. The van der Waals surface area contributed by atoms with Crippen molar-refractivity contribution in [2.45, 2.75) is 78.2 Å². The molecule has 3 rings (SSSR count). The summed E-state index contributed by atoms with van der Waals surface area (Å²) in [6.45, 7) is 16.4. The van der Waals surface area contributed by atoms with Crippen LogP contribution in [0.4, 0.5) is 0 Å². The van der Waals surface area contributed by atoms with Crippen LogP contribution in [-0.2, 0) is 17.4 Å². The highest BCUT2D eigenvalue weighted by Crippen LogP contribution is 2.39. The third-order valence-corrected chi connectivity index (χ3v) is 6.78. The first kappa shape index (κ1) is 25.3. The molecule has 2 aromatic carbocycles. The average Bonchev–Trinajstić information content (AvgIpc) is 2.74. The van der Waals surface area contributed by atoms with Crippen molar-refractivity contribution >= 4 is 5.91 Å². The molecule has 4 nitrogen and oxygen atoms in total. The highest BCUT2D eigenvalue weighted by atomic mass is 16.3. The van der Waals surface area contributed by atoms with E-state index in [1.165, 1.54) is 18.4 Å². The van der Waals surface area contributed by atoms with Crippen LogP contribution in [0.3, 0.4) is 0 Å². The van der Waals surface area contributed by atoms with Crippen molar-refractivity contribution in [3.8, 4) is 5.75 Å². The molecule has 0 unspecified atom stereocenters. The molecule has 4 heteroatoms. The molecule has 2 N–H and O–H groups in total. The zero-order chi connectivity index (χ0) is 24.2. The summed E-state index contributed by atoms with van der Waals surface area (Å²) < 4.78 is 0. The minimum absolute atomic E-state index is 0.0486. The predicted octanol–water partition coefficient (Wildman–Crippen LogP) is 6.02. The Morgan fingerprint density at radius 2 is 1.52 bits per heavy atom. The summed E-state index contributed by atoms with van der Waals surface area (Å²) in [4.78, 5) is 15.5. The van der Waals surface area contributed by atoms with Gasteiger partial charge < -0.3 is 10.4 Å². The molecule has 2 aromatic rings. The number of phenols is 1. The fraction of sp³-hybridized carbons (Fsp3) is 0.552. The van der Waals surface area contributed by atoms with E-state index in [1.54, 1.807) is 0 Å². The van der Waals surface area contributed by atoms with Crippen molar-refractivity contribution in [1.82, 2.24) is 10.2 Å². The lowest BCUT2D eigenvalue weighted by atomic mass is 9.78. The van der Waals surface area contributed by atoms with E-state index in [0.717, 1.165) is 37.2 Å². The SMILES string of the molecule is CC(C)(C)c1cc(C(=O)NCCC2CCN(Cc3ccccc3)CC2)cc(C(C)(C)C)c1O. The van der Waals surface area contributed by atoms with E-state index >= 15 is 0 Å². The number of carbonyl (C=O) groups excluding carboxylic acids is 1. The Morgan fingerprint density at radius 1 is 0.970 bits per heavy atom. The normalized spacial score (nSPS) is 16.1. The number of hydrogen-bond donors (Lipinski definition) is 2. The first-order chi connectivity index (χ1) is 15.4. The molecule has 0 aliphatic carbocycles. The highest BCUT2D eigenvalue weighted by Gasteiger charge is 2.28. The van der Waals surface area contributed by atoms with E-state index in [-0.39, 0.29) is 16.7 Å². The molecule has 1 aliphatic heterocycles. The zero-order valence-electron chi connectivity index (χ0n) is 21.4. The number of amides is 1. The number of nitrogens with zero attached hydrogens (tertiary/aromatic N) is 1. The smallest absolute Gasteiger partial charge is 0.251 e. The van der Waals surface area contributed by atoms with Gasteiger partial charge >= 0.3 is 0 Å². The van der Waals surface area contributed by atoms with Crippen LogP contribution in [0, 0.1) is 5.92 Å².